The maximum absolute atomic E-state index is 4.37. The first-order chi connectivity index (χ1) is 7.33. The average Bonchev–Trinajstić information content (AvgIpc) is 2.84. The number of aromatic nitrogens is 1. The summed E-state index contributed by atoms with van der Waals surface area (Å²) in [6.07, 6.45) is 1.25. The van der Waals surface area contributed by atoms with Crippen LogP contribution in [0, 0.1) is 0 Å². The van der Waals surface area contributed by atoms with E-state index >= 15 is 0 Å². The minimum absolute atomic E-state index is 0.654. The van der Waals surface area contributed by atoms with Crippen molar-refractivity contribution in [2.45, 2.75) is 25.3 Å². The molecule has 1 aromatic heterocycles. The molecular weight excluding hydrogens is 204 g/mol. The van der Waals surface area contributed by atoms with Gasteiger partial charge >= 0.3 is 0 Å². The van der Waals surface area contributed by atoms with Crippen LogP contribution < -0.4 is 5.32 Å². The van der Waals surface area contributed by atoms with Crippen LogP contribution in [0.5, 0.6) is 0 Å². The monoisotopic (exact) mass is 218 g/mol. The maximum atomic E-state index is 4.37. The standard InChI is InChI=1S/C12H14N2S/c1-8-4-10(6-13-8)9-2-3-12-11(5-9)14-7-15-12/h2-3,5,7-8,10,13H,4,6H2,1H3. The van der Waals surface area contributed by atoms with Crippen molar-refractivity contribution in [3.05, 3.63) is 29.3 Å². The molecule has 2 heterocycles. The first-order valence-corrected chi connectivity index (χ1v) is 6.27. The van der Waals surface area contributed by atoms with Crippen LogP contribution in [0.3, 0.4) is 0 Å². The van der Waals surface area contributed by atoms with Gasteiger partial charge in [-0.2, -0.15) is 0 Å². The number of rotatable bonds is 1. The molecule has 3 rings (SSSR count). The number of benzene rings is 1. The third kappa shape index (κ3) is 1.66. The van der Waals surface area contributed by atoms with E-state index in [1.165, 1.54) is 16.7 Å². The smallest absolute Gasteiger partial charge is 0.0814 e. The van der Waals surface area contributed by atoms with E-state index in [-0.39, 0.29) is 0 Å². The van der Waals surface area contributed by atoms with Gasteiger partial charge < -0.3 is 5.32 Å². The Kier molecular flexibility index (Phi) is 2.22. The molecule has 0 spiro atoms. The van der Waals surface area contributed by atoms with Crippen LogP contribution >= 0.6 is 11.3 Å². The summed E-state index contributed by atoms with van der Waals surface area (Å²) in [5.74, 6) is 0.672. The van der Waals surface area contributed by atoms with Gasteiger partial charge in [-0.3, -0.25) is 0 Å². The second-order valence-corrected chi connectivity index (χ2v) is 5.21. The summed E-state index contributed by atoms with van der Waals surface area (Å²) in [5.41, 5.74) is 4.51. The molecule has 0 bridgehead atoms. The molecule has 0 saturated carbocycles. The number of thiazole rings is 1. The zero-order valence-electron chi connectivity index (χ0n) is 8.73. The lowest BCUT2D eigenvalue weighted by atomic mass is 9.96. The van der Waals surface area contributed by atoms with Crippen LogP contribution in [0.1, 0.15) is 24.8 Å². The predicted octanol–water partition coefficient (Wildman–Crippen LogP) is 2.76. The van der Waals surface area contributed by atoms with Crippen molar-refractivity contribution in [3.63, 3.8) is 0 Å². The molecule has 1 fully saturated rings. The predicted molar refractivity (Wildman–Crippen MR) is 64.4 cm³/mol. The SMILES string of the molecule is CC1CC(c2ccc3scnc3c2)CN1. The molecule has 3 heteroatoms. The number of hydrogen-bond acceptors (Lipinski definition) is 3. The highest BCUT2D eigenvalue weighted by Crippen LogP contribution is 2.28. The van der Waals surface area contributed by atoms with E-state index in [9.17, 15) is 0 Å². The van der Waals surface area contributed by atoms with E-state index in [2.05, 4.69) is 35.4 Å². The molecular formula is C12H14N2S. The first-order valence-electron chi connectivity index (χ1n) is 5.39. The van der Waals surface area contributed by atoms with Gasteiger partial charge in [0.05, 0.1) is 15.7 Å². The summed E-state index contributed by atoms with van der Waals surface area (Å²) >= 11 is 1.71. The summed E-state index contributed by atoms with van der Waals surface area (Å²) in [6.45, 7) is 3.36. The van der Waals surface area contributed by atoms with Gasteiger partial charge in [0.1, 0.15) is 0 Å². The minimum atomic E-state index is 0.654. The van der Waals surface area contributed by atoms with E-state index in [4.69, 9.17) is 0 Å². The highest BCUT2D eigenvalue weighted by atomic mass is 32.1. The Hall–Kier alpha value is -0.930. The Labute approximate surface area is 93.3 Å². The molecule has 1 aliphatic rings. The number of fused-ring (bicyclic) bond motifs is 1. The molecule has 2 nitrogen and oxygen atoms in total. The van der Waals surface area contributed by atoms with Crippen LogP contribution in [0.15, 0.2) is 23.7 Å². The van der Waals surface area contributed by atoms with Crippen LogP contribution in [-0.4, -0.2) is 17.6 Å². The second-order valence-electron chi connectivity index (χ2n) is 4.32. The quantitative estimate of drug-likeness (QED) is 0.796. The molecule has 0 amide bonds. The number of nitrogens with zero attached hydrogens (tertiary/aromatic N) is 1. The summed E-state index contributed by atoms with van der Waals surface area (Å²) in [7, 11) is 0. The van der Waals surface area contributed by atoms with E-state index in [1.807, 2.05) is 5.51 Å². The fourth-order valence-electron chi connectivity index (χ4n) is 2.32. The topological polar surface area (TPSA) is 24.9 Å². The Balaban J connectivity index is 1.97. The van der Waals surface area contributed by atoms with E-state index in [0.29, 0.717) is 12.0 Å². The zero-order valence-corrected chi connectivity index (χ0v) is 9.55. The van der Waals surface area contributed by atoms with Gasteiger partial charge in [-0.05, 0) is 37.0 Å². The van der Waals surface area contributed by atoms with Gasteiger partial charge in [0.2, 0.25) is 0 Å². The van der Waals surface area contributed by atoms with Crippen LogP contribution in [0.4, 0.5) is 0 Å². The summed E-state index contributed by atoms with van der Waals surface area (Å²) in [4.78, 5) is 4.37. The molecule has 2 unspecified atom stereocenters. The first kappa shape index (κ1) is 9.31. The molecule has 0 aliphatic carbocycles. The molecule has 1 aliphatic heterocycles. The van der Waals surface area contributed by atoms with Crippen molar-refractivity contribution in [3.8, 4) is 0 Å². The lowest BCUT2D eigenvalue weighted by Crippen LogP contribution is -2.16. The van der Waals surface area contributed by atoms with E-state index in [1.54, 1.807) is 11.3 Å². The molecule has 1 aromatic carbocycles. The molecule has 0 radical (unpaired) electrons. The number of hydrogen-bond donors (Lipinski definition) is 1. The summed E-state index contributed by atoms with van der Waals surface area (Å²) in [5, 5.41) is 3.49. The fourth-order valence-corrected chi connectivity index (χ4v) is 2.98. The second kappa shape index (κ2) is 3.58. The van der Waals surface area contributed by atoms with Crippen molar-refractivity contribution in [2.75, 3.05) is 6.54 Å². The molecule has 1 N–H and O–H groups in total. The summed E-state index contributed by atoms with van der Waals surface area (Å²) in [6, 6.07) is 7.35. The van der Waals surface area contributed by atoms with Crippen LogP contribution in [0.2, 0.25) is 0 Å². The largest absolute Gasteiger partial charge is 0.314 e. The van der Waals surface area contributed by atoms with Crippen LogP contribution in [0.25, 0.3) is 10.2 Å². The minimum Gasteiger partial charge on any atom is -0.314 e. The average molecular weight is 218 g/mol. The third-order valence-corrected chi connectivity index (χ3v) is 3.99. The highest BCUT2D eigenvalue weighted by Gasteiger charge is 2.22. The van der Waals surface area contributed by atoms with E-state index in [0.717, 1.165) is 12.1 Å². The third-order valence-electron chi connectivity index (χ3n) is 3.18. The van der Waals surface area contributed by atoms with Crippen molar-refractivity contribution >= 4 is 21.6 Å². The highest BCUT2D eigenvalue weighted by molar-refractivity contribution is 7.16. The van der Waals surface area contributed by atoms with Gasteiger partial charge in [-0.1, -0.05) is 6.07 Å². The van der Waals surface area contributed by atoms with Crippen LogP contribution in [-0.2, 0) is 0 Å². The Morgan fingerprint density at radius 1 is 1.47 bits per heavy atom. The maximum Gasteiger partial charge on any atom is 0.0814 e. The zero-order chi connectivity index (χ0) is 10.3. The molecule has 2 atom stereocenters. The lowest BCUT2D eigenvalue weighted by molar-refractivity contribution is 0.658. The normalized spacial score (nSPS) is 26.2. The molecule has 2 aromatic rings. The van der Waals surface area contributed by atoms with Gasteiger partial charge in [-0.25, -0.2) is 4.98 Å². The van der Waals surface area contributed by atoms with Gasteiger partial charge in [0.15, 0.2) is 0 Å². The Bertz CT molecular complexity index is 477. The van der Waals surface area contributed by atoms with Gasteiger partial charge in [0, 0.05) is 12.6 Å². The summed E-state index contributed by atoms with van der Waals surface area (Å²) < 4.78 is 1.29. The van der Waals surface area contributed by atoms with Gasteiger partial charge in [0.25, 0.3) is 0 Å². The lowest BCUT2D eigenvalue weighted by Gasteiger charge is -2.08. The van der Waals surface area contributed by atoms with Gasteiger partial charge in [-0.15, -0.1) is 11.3 Å². The van der Waals surface area contributed by atoms with Crippen molar-refractivity contribution in [1.82, 2.24) is 10.3 Å². The molecule has 15 heavy (non-hydrogen) atoms. The Morgan fingerprint density at radius 2 is 2.40 bits per heavy atom. The Morgan fingerprint density at radius 3 is 3.20 bits per heavy atom. The van der Waals surface area contributed by atoms with E-state index < -0.39 is 0 Å². The molecule has 78 valence electrons. The number of nitrogens with one attached hydrogen (secondary N) is 1. The fraction of sp³-hybridized carbons (Fsp3) is 0.417. The van der Waals surface area contributed by atoms with Crippen molar-refractivity contribution < 1.29 is 0 Å². The van der Waals surface area contributed by atoms with Crippen molar-refractivity contribution in [1.29, 1.82) is 0 Å². The molecule has 1 saturated heterocycles. The van der Waals surface area contributed by atoms with Crippen molar-refractivity contribution in [2.24, 2.45) is 0 Å².